The van der Waals surface area contributed by atoms with E-state index in [0.717, 1.165) is 5.56 Å². The number of fused-ring (bicyclic) bond motifs is 1. The molecule has 0 aliphatic carbocycles. The van der Waals surface area contributed by atoms with Crippen LogP contribution in [-0.2, 0) is 10.0 Å². The Morgan fingerprint density at radius 1 is 1.15 bits per heavy atom. The normalized spacial score (nSPS) is 13.1. The number of imidazole rings is 1. The van der Waals surface area contributed by atoms with Gasteiger partial charge in [-0.25, -0.2) is 17.7 Å². The summed E-state index contributed by atoms with van der Waals surface area (Å²) in [6.07, 6.45) is 1.83. The van der Waals surface area contributed by atoms with Gasteiger partial charge in [0.25, 0.3) is 0 Å². The molecule has 1 heterocycles. The minimum absolute atomic E-state index is 0.208. The number of nitrogens with one attached hydrogen (secondary N) is 1. The fourth-order valence-electron chi connectivity index (χ4n) is 2.66. The smallest absolute Gasteiger partial charge is 0.242 e. The third kappa shape index (κ3) is 4.08. The number of hydrogen-bond acceptors (Lipinski definition) is 3. The first kappa shape index (κ1) is 19.6. The van der Waals surface area contributed by atoms with Crippen molar-refractivity contribution >= 4 is 43.8 Å². The molecule has 0 saturated carbocycles. The standard InChI is InChI=1S/C20H22ClN3O2S/c1-13(2)15-7-5-14(6-8-15)11-17(21)20-22-18-10-9-16(12-19(18)23-20)27(25,26)24(3)4/h5-13H,1-4H3,(H,22,23)/b17-11-. The first-order valence-corrected chi connectivity index (χ1v) is 10.4. The van der Waals surface area contributed by atoms with Crippen molar-refractivity contribution in [1.29, 1.82) is 0 Å². The predicted molar refractivity (Wildman–Crippen MR) is 111 cm³/mol. The van der Waals surface area contributed by atoms with Gasteiger partial charge in [0.1, 0.15) is 5.82 Å². The van der Waals surface area contributed by atoms with Crippen LogP contribution in [0.2, 0.25) is 0 Å². The number of H-pyrrole nitrogens is 1. The predicted octanol–water partition coefficient (Wildman–Crippen LogP) is 4.67. The molecule has 0 spiro atoms. The molecular formula is C20H22ClN3O2S. The lowest BCUT2D eigenvalue weighted by atomic mass is 10.0. The quantitative estimate of drug-likeness (QED) is 0.672. The fourth-order valence-corrected chi connectivity index (χ4v) is 3.81. The molecule has 0 atom stereocenters. The zero-order chi connectivity index (χ0) is 19.8. The van der Waals surface area contributed by atoms with Crippen molar-refractivity contribution in [2.75, 3.05) is 14.1 Å². The van der Waals surface area contributed by atoms with E-state index in [9.17, 15) is 8.42 Å². The SMILES string of the molecule is CC(C)c1ccc(/C=C(\Cl)c2nc3ccc(S(=O)(=O)N(C)C)cc3[nH]2)cc1. The van der Waals surface area contributed by atoms with E-state index >= 15 is 0 Å². The number of aromatic nitrogens is 2. The molecule has 2 aromatic carbocycles. The molecule has 27 heavy (non-hydrogen) atoms. The number of nitrogens with zero attached hydrogens (tertiary/aromatic N) is 2. The third-order valence-corrected chi connectivity index (χ3v) is 6.45. The molecule has 3 rings (SSSR count). The molecule has 0 radical (unpaired) electrons. The van der Waals surface area contributed by atoms with Gasteiger partial charge >= 0.3 is 0 Å². The molecule has 0 saturated heterocycles. The van der Waals surface area contributed by atoms with Crippen molar-refractivity contribution in [2.45, 2.75) is 24.7 Å². The zero-order valence-corrected chi connectivity index (χ0v) is 17.3. The van der Waals surface area contributed by atoms with E-state index in [1.54, 1.807) is 18.2 Å². The fraction of sp³-hybridized carbons (Fsp3) is 0.250. The summed E-state index contributed by atoms with van der Waals surface area (Å²) in [7, 11) is -0.497. The number of halogens is 1. The third-order valence-electron chi connectivity index (χ3n) is 4.35. The number of benzene rings is 2. The average molecular weight is 404 g/mol. The van der Waals surface area contributed by atoms with Crippen LogP contribution in [-0.4, -0.2) is 36.8 Å². The maximum absolute atomic E-state index is 12.3. The summed E-state index contributed by atoms with van der Waals surface area (Å²) >= 11 is 6.44. The first-order valence-electron chi connectivity index (χ1n) is 8.58. The van der Waals surface area contributed by atoms with Crippen LogP contribution in [0.25, 0.3) is 22.1 Å². The van der Waals surface area contributed by atoms with Crippen LogP contribution in [0.15, 0.2) is 47.4 Å². The molecule has 5 nitrogen and oxygen atoms in total. The Labute approximate surface area is 164 Å². The lowest BCUT2D eigenvalue weighted by molar-refractivity contribution is 0.521. The monoisotopic (exact) mass is 403 g/mol. The van der Waals surface area contributed by atoms with Gasteiger partial charge in [-0.2, -0.15) is 0 Å². The summed E-state index contributed by atoms with van der Waals surface area (Å²) in [5.41, 5.74) is 3.52. The van der Waals surface area contributed by atoms with E-state index in [0.29, 0.717) is 27.8 Å². The number of aromatic amines is 1. The average Bonchev–Trinajstić information content (AvgIpc) is 3.05. The Morgan fingerprint density at radius 2 is 1.81 bits per heavy atom. The highest BCUT2D eigenvalue weighted by molar-refractivity contribution is 7.89. The maximum Gasteiger partial charge on any atom is 0.242 e. The van der Waals surface area contributed by atoms with E-state index in [4.69, 9.17) is 11.6 Å². The van der Waals surface area contributed by atoms with E-state index < -0.39 is 10.0 Å². The van der Waals surface area contributed by atoms with Crippen LogP contribution in [0.4, 0.5) is 0 Å². The molecule has 0 bridgehead atoms. The van der Waals surface area contributed by atoms with Gasteiger partial charge in [0.15, 0.2) is 0 Å². The molecule has 1 aromatic heterocycles. The summed E-state index contributed by atoms with van der Waals surface area (Å²) in [6.45, 7) is 4.30. The highest BCUT2D eigenvalue weighted by atomic mass is 35.5. The second-order valence-corrected chi connectivity index (χ2v) is 9.42. The molecular weight excluding hydrogens is 382 g/mol. The van der Waals surface area contributed by atoms with Crippen molar-refractivity contribution < 1.29 is 8.42 Å². The maximum atomic E-state index is 12.3. The van der Waals surface area contributed by atoms with Gasteiger partial charge in [-0.05, 0) is 41.3 Å². The van der Waals surface area contributed by atoms with Crippen molar-refractivity contribution in [3.05, 3.63) is 59.4 Å². The Kier molecular flexibility index (Phi) is 5.42. The zero-order valence-electron chi connectivity index (χ0n) is 15.7. The number of rotatable bonds is 5. The second kappa shape index (κ2) is 7.46. The van der Waals surface area contributed by atoms with Gasteiger partial charge in [-0.3, -0.25) is 0 Å². The molecule has 3 aromatic rings. The van der Waals surface area contributed by atoms with Crippen LogP contribution in [0.3, 0.4) is 0 Å². The Hall–Kier alpha value is -2.15. The lowest BCUT2D eigenvalue weighted by Gasteiger charge is -2.10. The van der Waals surface area contributed by atoms with Gasteiger partial charge in [-0.1, -0.05) is 49.7 Å². The number of hydrogen-bond donors (Lipinski definition) is 1. The van der Waals surface area contributed by atoms with Crippen molar-refractivity contribution in [3.63, 3.8) is 0 Å². The first-order chi connectivity index (χ1) is 12.7. The van der Waals surface area contributed by atoms with Crippen molar-refractivity contribution in [2.24, 2.45) is 0 Å². The van der Waals surface area contributed by atoms with Crippen molar-refractivity contribution in [3.8, 4) is 0 Å². The van der Waals surface area contributed by atoms with E-state index in [1.807, 2.05) is 18.2 Å². The summed E-state index contributed by atoms with van der Waals surface area (Å²) in [5, 5.41) is 0.459. The summed E-state index contributed by atoms with van der Waals surface area (Å²) < 4.78 is 25.8. The van der Waals surface area contributed by atoms with Gasteiger partial charge in [0, 0.05) is 14.1 Å². The van der Waals surface area contributed by atoms with Crippen LogP contribution in [0, 0.1) is 0 Å². The van der Waals surface area contributed by atoms with Gasteiger partial charge < -0.3 is 4.98 Å². The molecule has 0 fully saturated rings. The van der Waals surface area contributed by atoms with Crippen LogP contribution >= 0.6 is 11.6 Å². The van der Waals surface area contributed by atoms with Gasteiger partial charge in [0.2, 0.25) is 10.0 Å². The largest absolute Gasteiger partial charge is 0.337 e. The second-order valence-electron chi connectivity index (χ2n) is 6.87. The van der Waals surface area contributed by atoms with E-state index in [2.05, 4.69) is 35.9 Å². The van der Waals surface area contributed by atoms with Crippen LogP contribution < -0.4 is 0 Å². The summed E-state index contributed by atoms with van der Waals surface area (Å²) in [6, 6.07) is 13.0. The number of sulfonamides is 1. The minimum Gasteiger partial charge on any atom is -0.337 e. The molecule has 142 valence electrons. The molecule has 7 heteroatoms. The van der Waals surface area contributed by atoms with Crippen LogP contribution in [0.1, 0.15) is 36.7 Å². The molecule has 0 aliphatic rings. The van der Waals surface area contributed by atoms with Gasteiger partial charge in [0.05, 0.1) is 21.0 Å². The highest BCUT2D eigenvalue weighted by Crippen LogP contribution is 2.25. The highest BCUT2D eigenvalue weighted by Gasteiger charge is 2.18. The molecule has 1 N–H and O–H groups in total. The lowest BCUT2D eigenvalue weighted by Crippen LogP contribution is -2.22. The molecule has 0 amide bonds. The Balaban J connectivity index is 1.94. The summed E-state index contributed by atoms with van der Waals surface area (Å²) in [5.74, 6) is 0.973. The topological polar surface area (TPSA) is 66.1 Å². The van der Waals surface area contributed by atoms with Gasteiger partial charge in [-0.15, -0.1) is 0 Å². The summed E-state index contributed by atoms with van der Waals surface area (Å²) in [4.78, 5) is 7.77. The molecule has 0 aliphatic heterocycles. The van der Waals surface area contributed by atoms with E-state index in [1.165, 1.54) is 24.0 Å². The van der Waals surface area contributed by atoms with Crippen LogP contribution in [0.5, 0.6) is 0 Å². The van der Waals surface area contributed by atoms with E-state index in [-0.39, 0.29) is 4.90 Å². The Bertz CT molecular complexity index is 1100. The molecule has 0 unspecified atom stereocenters. The van der Waals surface area contributed by atoms with Crippen molar-refractivity contribution in [1.82, 2.24) is 14.3 Å². The minimum atomic E-state index is -3.50. The Morgan fingerprint density at radius 3 is 2.41 bits per heavy atom.